The van der Waals surface area contributed by atoms with E-state index in [4.69, 9.17) is 13.9 Å². The lowest BCUT2D eigenvalue weighted by atomic mass is 10.1. The third-order valence-electron chi connectivity index (χ3n) is 2.03. The molecule has 0 aliphatic heterocycles. The van der Waals surface area contributed by atoms with Crippen molar-refractivity contribution in [2.45, 2.75) is 0 Å². The van der Waals surface area contributed by atoms with Gasteiger partial charge in [0.1, 0.15) is 29.5 Å². The second-order valence-corrected chi connectivity index (χ2v) is 2.82. The number of oxazole rings is 1. The van der Waals surface area contributed by atoms with Crippen molar-refractivity contribution >= 4 is 0 Å². The smallest absolute Gasteiger partial charge is 0.234 e. The van der Waals surface area contributed by atoms with E-state index in [1.54, 1.807) is 14.2 Å². The Kier molecular flexibility index (Phi) is 2.58. The molecule has 4 nitrogen and oxygen atoms in total. The number of hydrogen-bond acceptors (Lipinski definition) is 4. The van der Waals surface area contributed by atoms with E-state index in [1.807, 2.05) is 18.2 Å². The molecule has 0 aliphatic rings. The van der Waals surface area contributed by atoms with Crippen LogP contribution in [0.2, 0.25) is 0 Å². The van der Waals surface area contributed by atoms with Crippen molar-refractivity contribution in [3.8, 4) is 23.0 Å². The maximum Gasteiger partial charge on any atom is 0.234 e. The minimum Gasteiger partial charge on any atom is -0.496 e. The maximum atomic E-state index is 5.22. The molecule has 1 radical (unpaired) electrons. The Hall–Kier alpha value is -1.97. The fourth-order valence-electron chi connectivity index (χ4n) is 1.37. The molecule has 0 amide bonds. The quantitative estimate of drug-likeness (QED) is 0.768. The van der Waals surface area contributed by atoms with Crippen LogP contribution >= 0.6 is 0 Å². The topological polar surface area (TPSA) is 44.5 Å². The highest BCUT2D eigenvalue weighted by Crippen LogP contribution is 2.36. The summed E-state index contributed by atoms with van der Waals surface area (Å²) in [5.41, 5.74) is 0.698. The van der Waals surface area contributed by atoms with Crippen LogP contribution in [0.25, 0.3) is 11.5 Å². The highest BCUT2D eigenvalue weighted by molar-refractivity contribution is 5.70. The lowest BCUT2D eigenvalue weighted by Crippen LogP contribution is -1.92. The van der Waals surface area contributed by atoms with Crippen molar-refractivity contribution < 1.29 is 13.9 Å². The van der Waals surface area contributed by atoms with E-state index in [1.165, 1.54) is 6.26 Å². The van der Waals surface area contributed by atoms with Crippen LogP contribution in [-0.2, 0) is 0 Å². The van der Waals surface area contributed by atoms with Gasteiger partial charge in [-0.2, -0.15) is 0 Å². The van der Waals surface area contributed by atoms with Crippen LogP contribution < -0.4 is 9.47 Å². The van der Waals surface area contributed by atoms with Crippen LogP contribution in [0.3, 0.4) is 0 Å². The standard InChI is InChI=1S/C11H10NO3/c1-13-8-4-3-5-9(14-2)10(8)11-12-6-7-15-11/h3-5,7H,1-2H3. The zero-order chi connectivity index (χ0) is 10.7. The van der Waals surface area contributed by atoms with E-state index >= 15 is 0 Å². The van der Waals surface area contributed by atoms with Crippen LogP contribution in [0.1, 0.15) is 0 Å². The SMILES string of the molecule is COc1cccc(OC)c1-c1n[c]co1. The van der Waals surface area contributed by atoms with Gasteiger partial charge in [-0.25, -0.2) is 4.98 Å². The van der Waals surface area contributed by atoms with Crippen molar-refractivity contribution in [2.75, 3.05) is 14.2 Å². The minimum atomic E-state index is 0.435. The molecule has 0 saturated heterocycles. The summed E-state index contributed by atoms with van der Waals surface area (Å²) in [5, 5.41) is 0. The molecule has 0 bridgehead atoms. The summed E-state index contributed by atoms with van der Waals surface area (Å²) in [7, 11) is 3.18. The first-order valence-corrected chi connectivity index (χ1v) is 4.39. The van der Waals surface area contributed by atoms with Gasteiger partial charge in [-0.1, -0.05) is 6.07 Å². The number of hydrogen-bond donors (Lipinski definition) is 0. The molecule has 77 valence electrons. The first-order chi connectivity index (χ1) is 7.36. The Balaban J connectivity index is 2.61. The molecule has 0 atom stereocenters. The van der Waals surface area contributed by atoms with Crippen LogP contribution in [0.15, 0.2) is 28.9 Å². The lowest BCUT2D eigenvalue weighted by Gasteiger charge is -2.09. The fourth-order valence-corrected chi connectivity index (χ4v) is 1.37. The molecule has 1 aromatic heterocycles. The van der Waals surface area contributed by atoms with Gasteiger partial charge in [0, 0.05) is 0 Å². The third kappa shape index (κ3) is 1.66. The van der Waals surface area contributed by atoms with Gasteiger partial charge < -0.3 is 13.9 Å². The van der Waals surface area contributed by atoms with Crippen molar-refractivity contribution in [3.05, 3.63) is 30.7 Å². The lowest BCUT2D eigenvalue weighted by molar-refractivity contribution is 0.394. The van der Waals surface area contributed by atoms with Gasteiger partial charge in [0.2, 0.25) is 5.89 Å². The molecular weight excluding hydrogens is 194 g/mol. The third-order valence-corrected chi connectivity index (χ3v) is 2.03. The van der Waals surface area contributed by atoms with Crippen LogP contribution in [-0.4, -0.2) is 19.2 Å². The first-order valence-electron chi connectivity index (χ1n) is 4.39. The minimum absolute atomic E-state index is 0.435. The predicted octanol–water partition coefficient (Wildman–Crippen LogP) is 2.16. The van der Waals surface area contributed by atoms with Gasteiger partial charge in [-0.3, -0.25) is 0 Å². The van der Waals surface area contributed by atoms with Crippen molar-refractivity contribution in [2.24, 2.45) is 0 Å². The predicted molar refractivity (Wildman–Crippen MR) is 53.9 cm³/mol. The summed E-state index contributed by atoms with van der Waals surface area (Å²) in [4.78, 5) is 3.95. The largest absolute Gasteiger partial charge is 0.496 e. The molecule has 4 heteroatoms. The van der Waals surface area contributed by atoms with E-state index in [2.05, 4.69) is 11.2 Å². The number of ether oxygens (including phenoxy) is 2. The Morgan fingerprint density at radius 3 is 2.33 bits per heavy atom. The Morgan fingerprint density at radius 2 is 1.87 bits per heavy atom. The van der Waals surface area contributed by atoms with Crippen LogP contribution in [0.4, 0.5) is 0 Å². The summed E-state index contributed by atoms with van der Waals surface area (Å²) < 4.78 is 15.6. The van der Waals surface area contributed by atoms with Gasteiger partial charge >= 0.3 is 0 Å². The van der Waals surface area contributed by atoms with E-state index < -0.39 is 0 Å². The number of aromatic nitrogens is 1. The molecule has 1 heterocycles. The zero-order valence-corrected chi connectivity index (χ0v) is 8.48. The second kappa shape index (κ2) is 4.04. The number of methoxy groups -OCH3 is 2. The normalized spacial score (nSPS) is 10.0. The summed E-state index contributed by atoms with van der Waals surface area (Å²) >= 11 is 0. The molecule has 0 spiro atoms. The molecule has 0 fully saturated rings. The molecule has 0 unspecified atom stereocenters. The van der Waals surface area contributed by atoms with E-state index in [0.29, 0.717) is 23.0 Å². The Labute approximate surface area is 87.5 Å². The van der Waals surface area contributed by atoms with E-state index in [0.717, 1.165) is 0 Å². The molecule has 2 aromatic rings. The average Bonchev–Trinajstić information content (AvgIpc) is 2.81. The van der Waals surface area contributed by atoms with Crippen molar-refractivity contribution in [1.82, 2.24) is 4.98 Å². The number of rotatable bonds is 3. The van der Waals surface area contributed by atoms with E-state index in [-0.39, 0.29) is 0 Å². The summed E-state index contributed by atoms with van der Waals surface area (Å²) in [6, 6.07) is 5.48. The summed E-state index contributed by atoms with van der Waals surface area (Å²) in [6.45, 7) is 0. The van der Waals surface area contributed by atoms with Crippen molar-refractivity contribution in [3.63, 3.8) is 0 Å². The highest BCUT2D eigenvalue weighted by Gasteiger charge is 2.15. The number of benzene rings is 1. The van der Waals surface area contributed by atoms with Gasteiger partial charge in [0.25, 0.3) is 0 Å². The average molecular weight is 204 g/mol. The van der Waals surface area contributed by atoms with Gasteiger partial charge in [0.15, 0.2) is 0 Å². The monoisotopic (exact) mass is 204 g/mol. The molecule has 2 rings (SSSR count). The molecular formula is C11H10NO3. The summed E-state index contributed by atoms with van der Waals surface area (Å²) in [6.07, 6.45) is 3.99. The fraction of sp³-hybridized carbons (Fsp3) is 0.182. The zero-order valence-electron chi connectivity index (χ0n) is 8.48. The highest BCUT2D eigenvalue weighted by atomic mass is 16.5. The van der Waals surface area contributed by atoms with Crippen LogP contribution in [0.5, 0.6) is 11.5 Å². The molecule has 1 aromatic carbocycles. The number of nitrogens with zero attached hydrogens (tertiary/aromatic N) is 1. The summed E-state index contributed by atoms with van der Waals surface area (Å²) in [5.74, 6) is 1.75. The van der Waals surface area contributed by atoms with E-state index in [9.17, 15) is 0 Å². The maximum absolute atomic E-state index is 5.22. The van der Waals surface area contributed by atoms with Gasteiger partial charge in [-0.15, -0.1) is 0 Å². The van der Waals surface area contributed by atoms with Crippen LogP contribution in [0, 0.1) is 6.20 Å². The van der Waals surface area contributed by atoms with Gasteiger partial charge in [0.05, 0.1) is 14.2 Å². The second-order valence-electron chi connectivity index (χ2n) is 2.82. The molecule has 0 N–H and O–H groups in total. The first kappa shape index (κ1) is 9.58. The van der Waals surface area contributed by atoms with Crippen molar-refractivity contribution in [1.29, 1.82) is 0 Å². The Morgan fingerprint density at radius 1 is 1.20 bits per heavy atom. The molecule has 0 saturated carbocycles. The van der Waals surface area contributed by atoms with Gasteiger partial charge in [-0.05, 0) is 12.1 Å². The Bertz CT molecular complexity index is 415. The molecule has 0 aliphatic carbocycles. The molecule has 15 heavy (non-hydrogen) atoms.